The number of benzene rings is 1. The van der Waals surface area contributed by atoms with Gasteiger partial charge in [0, 0.05) is 18.8 Å². The SMILES string of the molecule is CNc1ccc(C(=O)O)c(OC(F)(F)F)c1. The Kier molecular flexibility index (Phi) is 3.26. The predicted molar refractivity (Wildman–Crippen MR) is 49.6 cm³/mol. The van der Waals surface area contributed by atoms with Crippen LogP contribution in [0.5, 0.6) is 5.75 Å². The molecular weight excluding hydrogens is 227 g/mol. The largest absolute Gasteiger partial charge is 0.573 e. The van der Waals surface area contributed by atoms with Crippen LogP contribution in [-0.2, 0) is 0 Å². The zero-order valence-corrected chi connectivity index (χ0v) is 8.13. The second-order valence-electron chi connectivity index (χ2n) is 2.81. The van der Waals surface area contributed by atoms with Gasteiger partial charge in [-0.05, 0) is 12.1 Å². The van der Waals surface area contributed by atoms with Gasteiger partial charge < -0.3 is 15.2 Å². The number of hydrogen-bond donors (Lipinski definition) is 2. The molecule has 0 radical (unpaired) electrons. The zero-order valence-electron chi connectivity index (χ0n) is 8.13. The minimum absolute atomic E-state index is 0.323. The number of carboxylic acid groups (broad SMARTS) is 1. The molecule has 0 aliphatic carbocycles. The zero-order chi connectivity index (χ0) is 12.3. The van der Waals surface area contributed by atoms with Gasteiger partial charge in [-0.15, -0.1) is 13.2 Å². The molecule has 0 bridgehead atoms. The van der Waals surface area contributed by atoms with E-state index >= 15 is 0 Å². The van der Waals surface area contributed by atoms with E-state index in [9.17, 15) is 18.0 Å². The Hall–Kier alpha value is -1.92. The van der Waals surface area contributed by atoms with E-state index in [1.807, 2.05) is 0 Å². The molecule has 0 aliphatic heterocycles. The molecule has 1 aromatic carbocycles. The van der Waals surface area contributed by atoms with Crippen molar-refractivity contribution in [3.63, 3.8) is 0 Å². The molecule has 7 heteroatoms. The predicted octanol–water partition coefficient (Wildman–Crippen LogP) is 2.33. The lowest BCUT2D eigenvalue weighted by Crippen LogP contribution is -2.19. The van der Waals surface area contributed by atoms with Gasteiger partial charge in [0.25, 0.3) is 0 Å². The first-order valence-corrected chi connectivity index (χ1v) is 4.14. The lowest BCUT2D eigenvalue weighted by atomic mass is 10.2. The topological polar surface area (TPSA) is 58.6 Å². The summed E-state index contributed by atoms with van der Waals surface area (Å²) in [6, 6.07) is 3.35. The number of rotatable bonds is 3. The van der Waals surface area contributed by atoms with Crippen molar-refractivity contribution in [2.24, 2.45) is 0 Å². The molecule has 4 nitrogen and oxygen atoms in total. The molecule has 1 aromatic rings. The van der Waals surface area contributed by atoms with Crippen molar-refractivity contribution in [1.82, 2.24) is 0 Å². The molecule has 0 heterocycles. The number of carboxylic acids is 1. The summed E-state index contributed by atoms with van der Waals surface area (Å²) in [5.41, 5.74) is -0.222. The van der Waals surface area contributed by atoms with Gasteiger partial charge in [-0.1, -0.05) is 0 Å². The summed E-state index contributed by atoms with van der Waals surface area (Å²) in [6.45, 7) is 0. The van der Waals surface area contributed by atoms with Gasteiger partial charge in [0.2, 0.25) is 0 Å². The molecular formula is C9H8F3NO3. The highest BCUT2D eigenvalue weighted by atomic mass is 19.4. The van der Waals surface area contributed by atoms with Crippen molar-refractivity contribution in [3.8, 4) is 5.75 Å². The lowest BCUT2D eigenvalue weighted by molar-refractivity contribution is -0.274. The standard InChI is InChI=1S/C9H8F3NO3/c1-13-5-2-3-6(8(14)15)7(4-5)16-9(10,11)12/h2-4,13H,1H3,(H,14,15). The van der Waals surface area contributed by atoms with Gasteiger partial charge in [-0.3, -0.25) is 0 Å². The van der Waals surface area contributed by atoms with Crippen LogP contribution in [-0.4, -0.2) is 24.5 Å². The number of anilines is 1. The van der Waals surface area contributed by atoms with Crippen LogP contribution in [0.3, 0.4) is 0 Å². The van der Waals surface area contributed by atoms with Gasteiger partial charge in [0.15, 0.2) is 0 Å². The fraction of sp³-hybridized carbons (Fsp3) is 0.222. The maximum Gasteiger partial charge on any atom is 0.573 e. The van der Waals surface area contributed by atoms with Crippen LogP contribution in [0, 0.1) is 0 Å². The van der Waals surface area contributed by atoms with E-state index in [-0.39, 0.29) is 0 Å². The molecule has 0 aromatic heterocycles. The second-order valence-corrected chi connectivity index (χ2v) is 2.81. The van der Waals surface area contributed by atoms with Crippen LogP contribution in [0.2, 0.25) is 0 Å². The number of ether oxygens (including phenoxy) is 1. The van der Waals surface area contributed by atoms with Crippen molar-refractivity contribution in [1.29, 1.82) is 0 Å². The summed E-state index contributed by atoms with van der Waals surface area (Å²) in [5, 5.41) is 11.2. The molecule has 0 fully saturated rings. The first-order valence-electron chi connectivity index (χ1n) is 4.14. The molecule has 0 saturated heterocycles. The molecule has 0 unspecified atom stereocenters. The average Bonchev–Trinajstić information content (AvgIpc) is 2.14. The summed E-state index contributed by atoms with van der Waals surface area (Å²) in [5.74, 6) is -2.23. The highest BCUT2D eigenvalue weighted by molar-refractivity contribution is 5.91. The first kappa shape index (κ1) is 12.2. The summed E-state index contributed by atoms with van der Waals surface area (Å²) in [7, 11) is 1.49. The Balaban J connectivity index is 3.15. The molecule has 0 aliphatic rings. The third kappa shape index (κ3) is 3.04. The molecule has 88 valence electrons. The van der Waals surface area contributed by atoms with Crippen LogP contribution in [0.15, 0.2) is 18.2 Å². The minimum Gasteiger partial charge on any atom is -0.478 e. The van der Waals surface area contributed by atoms with Gasteiger partial charge in [0.1, 0.15) is 11.3 Å². The average molecular weight is 235 g/mol. The highest BCUT2D eigenvalue weighted by Crippen LogP contribution is 2.29. The van der Waals surface area contributed by atoms with Crippen LogP contribution >= 0.6 is 0 Å². The Bertz CT molecular complexity index is 403. The van der Waals surface area contributed by atoms with Crippen molar-refractivity contribution >= 4 is 11.7 Å². The number of hydrogen-bond acceptors (Lipinski definition) is 3. The molecule has 16 heavy (non-hydrogen) atoms. The van der Waals surface area contributed by atoms with E-state index in [1.165, 1.54) is 13.1 Å². The van der Waals surface area contributed by atoms with Gasteiger partial charge >= 0.3 is 12.3 Å². The third-order valence-electron chi connectivity index (χ3n) is 1.73. The van der Waals surface area contributed by atoms with Crippen molar-refractivity contribution in [3.05, 3.63) is 23.8 Å². The summed E-state index contributed by atoms with van der Waals surface area (Å²) in [6.07, 6.45) is -4.92. The Morgan fingerprint density at radius 2 is 2.06 bits per heavy atom. The van der Waals surface area contributed by atoms with Crippen LogP contribution in [0.1, 0.15) is 10.4 Å². The van der Waals surface area contributed by atoms with Gasteiger partial charge in [-0.25, -0.2) is 4.79 Å². The van der Waals surface area contributed by atoms with Gasteiger partial charge in [0.05, 0.1) is 0 Å². The number of nitrogens with one attached hydrogen (secondary N) is 1. The van der Waals surface area contributed by atoms with E-state index < -0.39 is 23.6 Å². The van der Waals surface area contributed by atoms with Crippen LogP contribution in [0.25, 0.3) is 0 Å². The smallest absolute Gasteiger partial charge is 0.478 e. The number of alkyl halides is 3. The minimum atomic E-state index is -4.92. The Morgan fingerprint density at radius 3 is 2.50 bits per heavy atom. The second kappa shape index (κ2) is 4.30. The maximum atomic E-state index is 12.0. The molecule has 0 amide bonds. The third-order valence-corrected chi connectivity index (χ3v) is 1.73. The van der Waals surface area contributed by atoms with Gasteiger partial charge in [-0.2, -0.15) is 0 Å². The van der Waals surface area contributed by atoms with E-state index in [1.54, 1.807) is 0 Å². The molecule has 2 N–H and O–H groups in total. The monoisotopic (exact) mass is 235 g/mol. The van der Waals surface area contributed by atoms with Crippen molar-refractivity contribution in [2.45, 2.75) is 6.36 Å². The lowest BCUT2D eigenvalue weighted by Gasteiger charge is -2.12. The summed E-state index contributed by atoms with van der Waals surface area (Å²) < 4.78 is 39.6. The number of halogens is 3. The maximum absolute atomic E-state index is 12.0. The summed E-state index contributed by atoms with van der Waals surface area (Å²) in [4.78, 5) is 10.6. The van der Waals surface area contributed by atoms with E-state index in [0.717, 1.165) is 12.1 Å². The number of aromatic carboxylic acids is 1. The summed E-state index contributed by atoms with van der Waals surface area (Å²) >= 11 is 0. The molecule has 1 rings (SSSR count). The van der Waals surface area contributed by atoms with Crippen LogP contribution in [0.4, 0.5) is 18.9 Å². The van der Waals surface area contributed by atoms with E-state index in [2.05, 4.69) is 10.1 Å². The van der Waals surface area contributed by atoms with Crippen molar-refractivity contribution < 1.29 is 27.8 Å². The number of carbonyl (C=O) groups is 1. The molecule has 0 spiro atoms. The Labute approximate surface area is 88.6 Å². The highest BCUT2D eigenvalue weighted by Gasteiger charge is 2.33. The van der Waals surface area contributed by atoms with Crippen LogP contribution < -0.4 is 10.1 Å². The van der Waals surface area contributed by atoms with Crippen molar-refractivity contribution in [2.75, 3.05) is 12.4 Å². The Morgan fingerprint density at radius 1 is 1.44 bits per heavy atom. The molecule has 0 saturated carbocycles. The first-order chi connectivity index (χ1) is 7.33. The normalized spacial score (nSPS) is 11.0. The fourth-order valence-electron chi connectivity index (χ4n) is 1.06. The fourth-order valence-corrected chi connectivity index (χ4v) is 1.06. The quantitative estimate of drug-likeness (QED) is 0.844. The molecule has 0 atom stereocenters. The van der Waals surface area contributed by atoms with E-state index in [0.29, 0.717) is 5.69 Å². The van der Waals surface area contributed by atoms with E-state index in [4.69, 9.17) is 5.11 Å².